The highest BCUT2D eigenvalue weighted by Gasteiger charge is 2.42. The molecule has 0 unspecified atom stereocenters. The van der Waals surface area contributed by atoms with Gasteiger partial charge >= 0.3 is 0 Å². The minimum absolute atomic E-state index is 0.294. The minimum Gasteiger partial charge on any atom is -0.382 e. The molecule has 1 amide bonds. The van der Waals surface area contributed by atoms with Crippen molar-refractivity contribution in [1.82, 2.24) is 14.8 Å². The van der Waals surface area contributed by atoms with Gasteiger partial charge in [-0.1, -0.05) is 6.92 Å². The summed E-state index contributed by atoms with van der Waals surface area (Å²) >= 11 is 0. The minimum atomic E-state index is -2.05. The second-order valence-electron chi connectivity index (χ2n) is 4.77. The molecule has 3 N–H and O–H groups in total. The molecule has 0 saturated carbocycles. The molecule has 0 saturated heterocycles. The summed E-state index contributed by atoms with van der Waals surface area (Å²) < 4.78 is 28.6. The Hall–Kier alpha value is -2.35. The number of halogens is 2. The lowest BCUT2D eigenvalue weighted by Gasteiger charge is -2.33. The average molecular weight is 296 g/mol. The summed E-state index contributed by atoms with van der Waals surface area (Å²) in [5.41, 5.74) is 2.81. The van der Waals surface area contributed by atoms with Crippen LogP contribution in [-0.4, -0.2) is 25.8 Å². The van der Waals surface area contributed by atoms with Crippen LogP contribution in [0.5, 0.6) is 0 Å². The van der Waals surface area contributed by atoms with E-state index in [4.69, 9.17) is 5.73 Å². The first-order chi connectivity index (χ1) is 9.84. The molecule has 2 atom stereocenters. The predicted molar refractivity (Wildman–Crippen MR) is 68.6 cm³/mol. The fraction of sp³-hybridized carbons (Fsp3) is 0.308. The summed E-state index contributed by atoms with van der Waals surface area (Å²) in [4.78, 5) is 15.1. The Morgan fingerprint density at radius 2 is 2.24 bits per heavy atom. The van der Waals surface area contributed by atoms with E-state index in [1.165, 1.54) is 24.3 Å². The molecule has 0 aliphatic rings. The number of hydrogen-bond acceptors (Lipinski definition) is 4. The van der Waals surface area contributed by atoms with Crippen molar-refractivity contribution in [3.8, 4) is 0 Å². The van der Waals surface area contributed by atoms with E-state index in [9.17, 15) is 18.7 Å². The highest BCUT2D eigenvalue weighted by Crippen LogP contribution is 2.33. The van der Waals surface area contributed by atoms with Gasteiger partial charge in [0.1, 0.15) is 29.9 Å². The number of carbonyl (C=O) groups excluding carboxylic acids is 1. The van der Waals surface area contributed by atoms with Gasteiger partial charge < -0.3 is 10.8 Å². The number of nitrogens with zero attached hydrogens (tertiary/aromatic N) is 3. The molecule has 1 aromatic carbocycles. The van der Waals surface area contributed by atoms with Crippen molar-refractivity contribution in [3.63, 3.8) is 0 Å². The maximum Gasteiger partial charge on any atom is 0.223 e. The van der Waals surface area contributed by atoms with Gasteiger partial charge in [0.15, 0.2) is 0 Å². The van der Waals surface area contributed by atoms with Gasteiger partial charge in [-0.3, -0.25) is 4.79 Å². The summed E-state index contributed by atoms with van der Waals surface area (Å²) in [6.45, 7) is 1.04. The van der Waals surface area contributed by atoms with Crippen molar-refractivity contribution in [2.75, 3.05) is 0 Å². The van der Waals surface area contributed by atoms with Crippen molar-refractivity contribution in [2.24, 2.45) is 11.7 Å². The third-order valence-corrected chi connectivity index (χ3v) is 3.41. The Balaban J connectivity index is 2.54. The Bertz CT molecular complexity index is 648. The van der Waals surface area contributed by atoms with Gasteiger partial charge in [0.25, 0.3) is 0 Å². The molecule has 0 fully saturated rings. The van der Waals surface area contributed by atoms with E-state index in [1.807, 2.05) is 0 Å². The molecule has 21 heavy (non-hydrogen) atoms. The first kappa shape index (κ1) is 15.0. The molecule has 0 aliphatic carbocycles. The van der Waals surface area contributed by atoms with E-state index in [-0.39, 0.29) is 12.1 Å². The van der Waals surface area contributed by atoms with Crippen LogP contribution in [0, 0.1) is 17.6 Å². The van der Waals surface area contributed by atoms with Crippen LogP contribution in [0.1, 0.15) is 12.5 Å². The van der Waals surface area contributed by atoms with Crippen molar-refractivity contribution < 1.29 is 18.7 Å². The molecule has 6 nitrogen and oxygen atoms in total. The highest BCUT2D eigenvalue weighted by atomic mass is 19.1. The van der Waals surface area contributed by atoms with Crippen LogP contribution in [0.25, 0.3) is 0 Å². The molecular formula is C13H14F2N4O2. The standard InChI is InChI=1S/C13H14F2N4O2/c1-8(12(16)20)13(21,5-19-7-17-6-18-19)10-4-9(14)2-3-11(10)15/h2-4,6-8,21H,5H2,1H3,(H2,16,20)/t8-,13+/m1/s1. The molecule has 112 valence electrons. The van der Waals surface area contributed by atoms with E-state index >= 15 is 0 Å². The monoisotopic (exact) mass is 296 g/mol. The molecule has 1 heterocycles. The quantitative estimate of drug-likeness (QED) is 0.843. The largest absolute Gasteiger partial charge is 0.382 e. The van der Waals surface area contributed by atoms with E-state index in [0.717, 1.165) is 18.2 Å². The van der Waals surface area contributed by atoms with Crippen LogP contribution in [-0.2, 0) is 16.9 Å². The maximum atomic E-state index is 14.0. The van der Waals surface area contributed by atoms with Crippen LogP contribution >= 0.6 is 0 Å². The number of benzene rings is 1. The molecule has 0 aliphatic heterocycles. The third kappa shape index (κ3) is 2.89. The van der Waals surface area contributed by atoms with E-state index < -0.39 is 29.1 Å². The fourth-order valence-electron chi connectivity index (χ4n) is 2.08. The SMILES string of the molecule is C[C@H](C(N)=O)[C@@](O)(Cn1cncn1)c1cc(F)ccc1F. The van der Waals surface area contributed by atoms with Gasteiger partial charge in [-0.2, -0.15) is 5.10 Å². The fourth-order valence-corrected chi connectivity index (χ4v) is 2.08. The average Bonchev–Trinajstić information content (AvgIpc) is 2.93. The molecular weight excluding hydrogens is 282 g/mol. The number of aliphatic hydroxyl groups is 1. The summed E-state index contributed by atoms with van der Waals surface area (Å²) in [6.07, 6.45) is 2.51. The van der Waals surface area contributed by atoms with Gasteiger partial charge in [0, 0.05) is 5.56 Å². The maximum absolute atomic E-state index is 14.0. The van der Waals surface area contributed by atoms with Crippen molar-refractivity contribution in [1.29, 1.82) is 0 Å². The first-order valence-electron chi connectivity index (χ1n) is 6.14. The van der Waals surface area contributed by atoms with Gasteiger partial charge in [-0.05, 0) is 18.2 Å². The zero-order chi connectivity index (χ0) is 15.6. The van der Waals surface area contributed by atoms with Crippen molar-refractivity contribution in [2.45, 2.75) is 19.1 Å². The molecule has 8 heteroatoms. The summed E-state index contributed by atoms with van der Waals surface area (Å²) in [6, 6.07) is 2.64. The Morgan fingerprint density at radius 1 is 1.52 bits per heavy atom. The molecule has 0 bridgehead atoms. The lowest BCUT2D eigenvalue weighted by molar-refractivity contribution is -0.133. The molecule has 0 radical (unpaired) electrons. The predicted octanol–water partition coefficient (Wildman–Crippen LogP) is 0.565. The van der Waals surface area contributed by atoms with Crippen LogP contribution in [0.15, 0.2) is 30.9 Å². The third-order valence-electron chi connectivity index (χ3n) is 3.41. The summed E-state index contributed by atoms with van der Waals surface area (Å²) in [7, 11) is 0. The number of amides is 1. The highest BCUT2D eigenvalue weighted by molar-refractivity contribution is 5.77. The van der Waals surface area contributed by atoms with Crippen LogP contribution in [0.3, 0.4) is 0 Å². The topological polar surface area (TPSA) is 94.0 Å². The Labute approximate surface area is 119 Å². The lowest BCUT2D eigenvalue weighted by atomic mass is 9.81. The zero-order valence-electron chi connectivity index (χ0n) is 11.2. The zero-order valence-corrected chi connectivity index (χ0v) is 11.2. The van der Waals surface area contributed by atoms with Gasteiger partial charge in [-0.25, -0.2) is 18.4 Å². The molecule has 2 aromatic rings. The van der Waals surface area contributed by atoms with Crippen LogP contribution < -0.4 is 5.73 Å². The number of primary amides is 1. The molecule has 0 spiro atoms. The van der Waals surface area contributed by atoms with Crippen LogP contribution in [0.4, 0.5) is 8.78 Å². The van der Waals surface area contributed by atoms with Crippen molar-refractivity contribution in [3.05, 3.63) is 48.1 Å². The second kappa shape index (κ2) is 5.57. The Morgan fingerprint density at radius 3 is 2.81 bits per heavy atom. The number of nitrogens with two attached hydrogens (primary N) is 1. The lowest BCUT2D eigenvalue weighted by Crippen LogP contribution is -2.45. The van der Waals surface area contributed by atoms with E-state index in [0.29, 0.717) is 0 Å². The summed E-state index contributed by atoms with van der Waals surface area (Å²) in [5.74, 6) is -3.59. The second-order valence-corrected chi connectivity index (χ2v) is 4.77. The van der Waals surface area contributed by atoms with Gasteiger partial charge in [0.05, 0.1) is 12.5 Å². The molecule has 2 rings (SSSR count). The smallest absolute Gasteiger partial charge is 0.223 e. The van der Waals surface area contributed by atoms with Crippen LogP contribution in [0.2, 0.25) is 0 Å². The Kier molecular flexibility index (Phi) is 3.99. The van der Waals surface area contributed by atoms with E-state index in [2.05, 4.69) is 10.1 Å². The van der Waals surface area contributed by atoms with Gasteiger partial charge in [-0.15, -0.1) is 0 Å². The first-order valence-corrected chi connectivity index (χ1v) is 6.14. The van der Waals surface area contributed by atoms with Crippen molar-refractivity contribution >= 4 is 5.91 Å². The normalized spacial score (nSPS) is 15.4. The molecule has 1 aromatic heterocycles. The number of aromatic nitrogens is 3. The number of rotatable bonds is 5. The van der Waals surface area contributed by atoms with Gasteiger partial charge in [0.2, 0.25) is 5.91 Å². The number of hydrogen-bond donors (Lipinski definition) is 2. The summed E-state index contributed by atoms with van der Waals surface area (Å²) in [5, 5.41) is 14.6. The van der Waals surface area contributed by atoms with E-state index in [1.54, 1.807) is 0 Å². The number of carbonyl (C=O) groups is 1.